The Morgan fingerprint density at radius 2 is 1.03 bits per heavy atom. The molecular weight excluding hydrogens is 368 g/mol. The van der Waals surface area contributed by atoms with Crippen LogP contribution in [0.3, 0.4) is 0 Å². The molecule has 156 valence electrons. The summed E-state index contributed by atoms with van der Waals surface area (Å²) in [4.78, 5) is 0. The van der Waals surface area contributed by atoms with Crippen LogP contribution in [0.1, 0.15) is 61.8 Å². The van der Waals surface area contributed by atoms with Crippen molar-refractivity contribution < 1.29 is 25.2 Å². The maximum Gasteiger partial charge on any atom is 0.158 e. The average molecular weight is 398 g/mol. The highest BCUT2D eigenvalue weighted by Crippen LogP contribution is 2.32. The lowest BCUT2D eigenvalue weighted by atomic mass is 10.0. The smallest absolute Gasteiger partial charge is 0.158 e. The van der Waals surface area contributed by atoms with E-state index < -0.39 is 0 Å². The van der Waals surface area contributed by atoms with Crippen molar-refractivity contribution in [3.63, 3.8) is 0 Å². The number of benzene rings is 2. The van der Waals surface area contributed by atoms with Crippen molar-refractivity contribution in [2.24, 2.45) is 0 Å². The number of unbranched alkanes of at least 4 members (excludes halogenated alkanes) is 2. The number of phenols is 4. The third kappa shape index (κ3) is 6.57. The lowest BCUT2D eigenvalue weighted by Gasteiger charge is -2.12. The monoisotopic (exact) mass is 398 g/mol. The largest absolute Gasteiger partial charge is 0.504 e. The van der Waals surface area contributed by atoms with Gasteiger partial charge in [-0.1, -0.05) is 51.0 Å². The van der Waals surface area contributed by atoms with Gasteiger partial charge in [0, 0.05) is 0 Å². The Morgan fingerprint density at radius 1 is 0.655 bits per heavy atom. The van der Waals surface area contributed by atoms with Crippen LogP contribution in [-0.2, 0) is 18.0 Å². The Morgan fingerprint density at radius 3 is 1.41 bits per heavy atom. The molecule has 0 unspecified atom stereocenters. The van der Waals surface area contributed by atoms with Crippen molar-refractivity contribution in [1.82, 2.24) is 0 Å². The standard InChI is InChI=1S/C24H30O5/c1-3-5-7-9-17-11-21(25)23(27)13-19(17)15-29-16-20-14-24(28)22(26)12-18(20)10-8-6-4-2/h7-14,25-28H,3-6,15-16H2,1-2H3. The van der Waals surface area contributed by atoms with Gasteiger partial charge in [-0.05, 0) is 59.4 Å². The van der Waals surface area contributed by atoms with Crippen LogP contribution in [0.5, 0.6) is 23.0 Å². The minimum atomic E-state index is -0.193. The fourth-order valence-corrected chi connectivity index (χ4v) is 2.86. The first-order valence-electron chi connectivity index (χ1n) is 9.96. The van der Waals surface area contributed by atoms with E-state index in [0.717, 1.165) is 47.9 Å². The van der Waals surface area contributed by atoms with Crippen molar-refractivity contribution in [2.75, 3.05) is 0 Å². The summed E-state index contributed by atoms with van der Waals surface area (Å²) in [5, 5.41) is 39.3. The Hall–Kier alpha value is -2.92. The van der Waals surface area contributed by atoms with Gasteiger partial charge in [0.25, 0.3) is 0 Å². The van der Waals surface area contributed by atoms with Gasteiger partial charge in [-0.15, -0.1) is 0 Å². The average Bonchev–Trinajstić information content (AvgIpc) is 2.69. The molecule has 0 aromatic heterocycles. The molecule has 29 heavy (non-hydrogen) atoms. The highest BCUT2D eigenvalue weighted by Gasteiger charge is 2.10. The molecule has 0 spiro atoms. The molecule has 4 N–H and O–H groups in total. The first-order valence-corrected chi connectivity index (χ1v) is 9.96. The minimum absolute atomic E-state index is 0.170. The molecule has 5 nitrogen and oxygen atoms in total. The number of aromatic hydroxyl groups is 4. The van der Waals surface area contributed by atoms with Gasteiger partial charge in [-0.3, -0.25) is 0 Å². The predicted octanol–water partition coefficient (Wildman–Crippen LogP) is 5.85. The topological polar surface area (TPSA) is 90.2 Å². The normalized spacial score (nSPS) is 11.7. The van der Waals surface area contributed by atoms with Crippen LogP contribution in [0.25, 0.3) is 12.2 Å². The summed E-state index contributed by atoms with van der Waals surface area (Å²) >= 11 is 0. The van der Waals surface area contributed by atoms with Gasteiger partial charge in [0.05, 0.1) is 13.2 Å². The number of allylic oxidation sites excluding steroid dienone is 2. The summed E-state index contributed by atoms with van der Waals surface area (Å²) in [6.07, 6.45) is 11.7. The zero-order valence-corrected chi connectivity index (χ0v) is 17.1. The van der Waals surface area contributed by atoms with Crippen molar-refractivity contribution in [2.45, 2.75) is 52.7 Å². The molecule has 0 aliphatic heterocycles. The Balaban J connectivity index is 2.17. The summed E-state index contributed by atoms with van der Waals surface area (Å²) in [6, 6.07) is 6.03. The SMILES string of the molecule is CCCC=Cc1cc(O)c(O)cc1COCc1cc(O)c(O)cc1C=CCCC. The van der Waals surface area contributed by atoms with Gasteiger partial charge in [0.1, 0.15) is 0 Å². The first-order chi connectivity index (χ1) is 14.0. The van der Waals surface area contributed by atoms with E-state index in [2.05, 4.69) is 13.8 Å². The Kier molecular flexibility index (Phi) is 8.62. The van der Waals surface area contributed by atoms with Crippen LogP contribution in [0.15, 0.2) is 36.4 Å². The molecule has 2 aromatic carbocycles. The highest BCUT2D eigenvalue weighted by atomic mass is 16.5. The van der Waals surface area contributed by atoms with Gasteiger partial charge in [-0.25, -0.2) is 0 Å². The van der Waals surface area contributed by atoms with Gasteiger partial charge < -0.3 is 25.2 Å². The second kappa shape index (κ2) is 11.2. The minimum Gasteiger partial charge on any atom is -0.504 e. The molecule has 2 rings (SSSR count). The van der Waals surface area contributed by atoms with E-state index >= 15 is 0 Å². The molecule has 0 aliphatic carbocycles. The molecule has 0 saturated carbocycles. The first kappa shape index (κ1) is 22.4. The van der Waals surface area contributed by atoms with Crippen LogP contribution in [0.4, 0.5) is 0 Å². The summed E-state index contributed by atoms with van der Waals surface area (Å²) in [7, 11) is 0. The second-order valence-corrected chi connectivity index (χ2v) is 6.95. The quantitative estimate of drug-likeness (QED) is 0.377. The third-order valence-electron chi connectivity index (χ3n) is 4.49. The fourth-order valence-electron chi connectivity index (χ4n) is 2.86. The van der Waals surface area contributed by atoms with Crippen molar-refractivity contribution >= 4 is 12.2 Å². The van der Waals surface area contributed by atoms with Crippen molar-refractivity contribution in [3.8, 4) is 23.0 Å². The third-order valence-corrected chi connectivity index (χ3v) is 4.49. The molecule has 0 fully saturated rings. The van der Waals surface area contributed by atoms with Gasteiger partial charge in [-0.2, -0.15) is 0 Å². The molecule has 0 heterocycles. The van der Waals surface area contributed by atoms with E-state index in [1.54, 1.807) is 0 Å². The van der Waals surface area contributed by atoms with E-state index in [1.165, 1.54) is 24.3 Å². The molecule has 0 radical (unpaired) electrons. The summed E-state index contributed by atoms with van der Waals surface area (Å²) < 4.78 is 5.84. The summed E-state index contributed by atoms with van der Waals surface area (Å²) in [6.45, 7) is 4.61. The Bertz CT molecular complexity index is 797. The molecule has 0 bridgehead atoms. The van der Waals surface area contributed by atoms with Crippen molar-refractivity contribution in [3.05, 3.63) is 58.7 Å². The van der Waals surface area contributed by atoms with Crippen LogP contribution in [0.2, 0.25) is 0 Å². The molecule has 0 atom stereocenters. The lowest BCUT2D eigenvalue weighted by molar-refractivity contribution is 0.106. The maximum atomic E-state index is 9.84. The number of phenolic OH excluding ortho intramolecular Hbond substituents is 4. The zero-order valence-electron chi connectivity index (χ0n) is 17.1. The number of ether oxygens (including phenoxy) is 1. The zero-order chi connectivity index (χ0) is 21.2. The lowest BCUT2D eigenvalue weighted by Crippen LogP contribution is -1.98. The van der Waals surface area contributed by atoms with E-state index in [9.17, 15) is 20.4 Å². The van der Waals surface area contributed by atoms with Gasteiger partial charge in [0.15, 0.2) is 23.0 Å². The molecule has 0 aliphatic rings. The summed E-state index contributed by atoms with van der Waals surface area (Å²) in [5.74, 6) is -0.725. The van der Waals surface area contributed by atoms with Crippen LogP contribution >= 0.6 is 0 Å². The Labute approximate surface area is 172 Å². The van der Waals surface area contributed by atoms with Crippen molar-refractivity contribution in [1.29, 1.82) is 0 Å². The number of hydrogen-bond acceptors (Lipinski definition) is 5. The molecule has 2 aromatic rings. The number of hydrogen-bond donors (Lipinski definition) is 4. The van der Waals surface area contributed by atoms with Crippen LogP contribution in [0, 0.1) is 0 Å². The van der Waals surface area contributed by atoms with Gasteiger partial charge >= 0.3 is 0 Å². The van der Waals surface area contributed by atoms with E-state index in [-0.39, 0.29) is 36.2 Å². The van der Waals surface area contributed by atoms with E-state index in [1.807, 2.05) is 24.3 Å². The van der Waals surface area contributed by atoms with E-state index in [0.29, 0.717) is 0 Å². The maximum absolute atomic E-state index is 9.84. The van der Waals surface area contributed by atoms with Crippen LogP contribution < -0.4 is 0 Å². The van der Waals surface area contributed by atoms with Gasteiger partial charge in [0.2, 0.25) is 0 Å². The molecule has 0 saturated heterocycles. The molecule has 5 heteroatoms. The van der Waals surface area contributed by atoms with Crippen LogP contribution in [-0.4, -0.2) is 20.4 Å². The molecular formula is C24H30O5. The molecule has 0 amide bonds. The van der Waals surface area contributed by atoms with E-state index in [4.69, 9.17) is 4.74 Å². The number of rotatable bonds is 10. The predicted molar refractivity (Wildman–Crippen MR) is 116 cm³/mol. The summed E-state index contributed by atoms with van der Waals surface area (Å²) in [5.41, 5.74) is 3.06. The second-order valence-electron chi connectivity index (χ2n) is 6.95. The fraction of sp³-hybridized carbons (Fsp3) is 0.333. The highest BCUT2D eigenvalue weighted by molar-refractivity contribution is 5.60.